The number of carboxylic acids is 1. The first-order valence-corrected chi connectivity index (χ1v) is 5.26. The summed E-state index contributed by atoms with van der Waals surface area (Å²) in [5, 5.41) is 8.85. The standard InChI is InChI=1S/C13H17NO2/c1-11(2)8-9-14(10-13(15)16)12-6-4-3-5-7-12/h3-7H,1,8-10H2,2H3,(H,15,16). The maximum Gasteiger partial charge on any atom is 0.323 e. The molecule has 0 aromatic heterocycles. The van der Waals surface area contributed by atoms with Crippen LogP contribution < -0.4 is 4.90 Å². The average molecular weight is 219 g/mol. The average Bonchev–Trinajstić information content (AvgIpc) is 2.25. The van der Waals surface area contributed by atoms with Crippen LogP contribution in [-0.2, 0) is 4.79 Å². The van der Waals surface area contributed by atoms with Gasteiger partial charge in [-0.2, -0.15) is 0 Å². The zero-order valence-electron chi connectivity index (χ0n) is 9.52. The number of benzene rings is 1. The van der Waals surface area contributed by atoms with E-state index in [0.29, 0.717) is 6.54 Å². The van der Waals surface area contributed by atoms with E-state index < -0.39 is 5.97 Å². The minimum Gasteiger partial charge on any atom is -0.480 e. The van der Waals surface area contributed by atoms with Gasteiger partial charge in [-0.1, -0.05) is 23.8 Å². The van der Waals surface area contributed by atoms with Crippen LogP contribution in [0.25, 0.3) is 0 Å². The molecule has 0 amide bonds. The summed E-state index contributed by atoms with van der Waals surface area (Å²) in [6.07, 6.45) is 0.808. The first-order chi connectivity index (χ1) is 7.59. The molecule has 1 aromatic rings. The Morgan fingerprint density at radius 1 is 1.38 bits per heavy atom. The minimum absolute atomic E-state index is 0.0251. The second-order valence-electron chi connectivity index (χ2n) is 3.86. The first-order valence-electron chi connectivity index (χ1n) is 5.26. The van der Waals surface area contributed by atoms with Gasteiger partial charge in [-0.3, -0.25) is 4.79 Å². The lowest BCUT2D eigenvalue weighted by Crippen LogP contribution is -2.30. The molecular formula is C13H17NO2. The van der Waals surface area contributed by atoms with Gasteiger partial charge >= 0.3 is 5.97 Å². The largest absolute Gasteiger partial charge is 0.480 e. The highest BCUT2D eigenvalue weighted by molar-refractivity contribution is 5.73. The number of rotatable bonds is 6. The Morgan fingerprint density at radius 3 is 2.50 bits per heavy atom. The van der Waals surface area contributed by atoms with Gasteiger partial charge in [-0.25, -0.2) is 0 Å². The molecule has 1 aromatic carbocycles. The van der Waals surface area contributed by atoms with E-state index in [2.05, 4.69) is 6.58 Å². The monoisotopic (exact) mass is 219 g/mol. The van der Waals surface area contributed by atoms with Gasteiger partial charge in [0.15, 0.2) is 0 Å². The molecule has 0 fully saturated rings. The number of hydrogen-bond acceptors (Lipinski definition) is 2. The number of nitrogens with zero attached hydrogens (tertiary/aromatic N) is 1. The molecule has 3 heteroatoms. The molecule has 0 saturated heterocycles. The van der Waals surface area contributed by atoms with Crippen molar-refractivity contribution < 1.29 is 9.90 Å². The molecule has 0 heterocycles. The van der Waals surface area contributed by atoms with Crippen LogP contribution in [0.1, 0.15) is 13.3 Å². The molecular weight excluding hydrogens is 202 g/mol. The van der Waals surface area contributed by atoms with Crippen LogP contribution in [0.5, 0.6) is 0 Å². The number of carbonyl (C=O) groups is 1. The van der Waals surface area contributed by atoms with Gasteiger partial charge in [-0.05, 0) is 25.5 Å². The van der Waals surface area contributed by atoms with Crippen LogP contribution >= 0.6 is 0 Å². The predicted octanol–water partition coefficient (Wildman–Crippen LogP) is 2.54. The fraction of sp³-hybridized carbons (Fsp3) is 0.308. The van der Waals surface area contributed by atoms with Crippen molar-refractivity contribution in [2.24, 2.45) is 0 Å². The molecule has 1 rings (SSSR count). The van der Waals surface area contributed by atoms with E-state index in [1.807, 2.05) is 42.2 Å². The molecule has 0 radical (unpaired) electrons. The van der Waals surface area contributed by atoms with E-state index in [0.717, 1.165) is 17.7 Å². The van der Waals surface area contributed by atoms with Gasteiger partial charge in [0.2, 0.25) is 0 Å². The second kappa shape index (κ2) is 5.95. The summed E-state index contributed by atoms with van der Waals surface area (Å²) in [5.74, 6) is -0.814. The minimum atomic E-state index is -0.814. The summed E-state index contributed by atoms with van der Waals surface area (Å²) in [7, 11) is 0. The topological polar surface area (TPSA) is 40.5 Å². The Kier molecular flexibility index (Phi) is 4.58. The maximum atomic E-state index is 10.8. The molecule has 0 bridgehead atoms. The van der Waals surface area contributed by atoms with Crippen LogP contribution in [0.2, 0.25) is 0 Å². The van der Waals surface area contributed by atoms with Crippen LogP contribution in [0.4, 0.5) is 5.69 Å². The lowest BCUT2D eigenvalue weighted by Gasteiger charge is -2.22. The van der Waals surface area contributed by atoms with Gasteiger partial charge in [0.05, 0.1) is 0 Å². The summed E-state index contributed by atoms with van der Waals surface area (Å²) in [5.41, 5.74) is 2.00. The summed E-state index contributed by atoms with van der Waals surface area (Å²) in [6.45, 7) is 6.49. The Bertz CT molecular complexity index is 359. The van der Waals surface area contributed by atoms with Crippen molar-refractivity contribution in [1.29, 1.82) is 0 Å². The number of hydrogen-bond donors (Lipinski definition) is 1. The fourth-order valence-electron chi connectivity index (χ4n) is 1.43. The first kappa shape index (κ1) is 12.3. The molecule has 0 aliphatic rings. The van der Waals surface area contributed by atoms with Gasteiger partial charge < -0.3 is 10.0 Å². The Labute approximate surface area is 96.0 Å². The van der Waals surface area contributed by atoms with Gasteiger partial charge in [0.1, 0.15) is 6.54 Å². The normalized spacial score (nSPS) is 9.81. The van der Waals surface area contributed by atoms with Crippen LogP contribution in [0, 0.1) is 0 Å². The number of para-hydroxylation sites is 1. The van der Waals surface area contributed by atoms with Crippen LogP contribution in [0.15, 0.2) is 42.5 Å². The Morgan fingerprint density at radius 2 is 2.00 bits per heavy atom. The number of aliphatic carboxylic acids is 1. The van der Waals surface area contributed by atoms with Crippen molar-refractivity contribution >= 4 is 11.7 Å². The molecule has 1 N–H and O–H groups in total. The van der Waals surface area contributed by atoms with Crippen molar-refractivity contribution in [3.63, 3.8) is 0 Å². The fourth-order valence-corrected chi connectivity index (χ4v) is 1.43. The van der Waals surface area contributed by atoms with Crippen molar-refractivity contribution in [3.05, 3.63) is 42.5 Å². The van der Waals surface area contributed by atoms with E-state index in [-0.39, 0.29) is 6.54 Å². The van der Waals surface area contributed by atoms with E-state index in [1.54, 1.807) is 0 Å². The summed E-state index contributed by atoms with van der Waals surface area (Å²) in [6, 6.07) is 9.57. The quantitative estimate of drug-likeness (QED) is 0.747. The second-order valence-corrected chi connectivity index (χ2v) is 3.86. The van der Waals surface area contributed by atoms with Crippen molar-refractivity contribution in [2.75, 3.05) is 18.0 Å². The predicted molar refractivity (Wildman–Crippen MR) is 65.7 cm³/mol. The van der Waals surface area contributed by atoms with Crippen LogP contribution in [-0.4, -0.2) is 24.2 Å². The molecule has 0 saturated carbocycles. The Balaban J connectivity index is 2.71. The Hall–Kier alpha value is -1.77. The molecule has 3 nitrogen and oxygen atoms in total. The third-order valence-corrected chi connectivity index (χ3v) is 2.26. The van der Waals surface area contributed by atoms with Crippen molar-refractivity contribution in [1.82, 2.24) is 0 Å². The van der Waals surface area contributed by atoms with Gasteiger partial charge in [0.25, 0.3) is 0 Å². The van der Waals surface area contributed by atoms with Crippen molar-refractivity contribution in [2.45, 2.75) is 13.3 Å². The number of carboxylic acid groups (broad SMARTS) is 1. The SMILES string of the molecule is C=C(C)CCN(CC(=O)O)c1ccccc1. The highest BCUT2D eigenvalue weighted by atomic mass is 16.4. The number of anilines is 1. The zero-order chi connectivity index (χ0) is 12.0. The van der Waals surface area contributed by atoms with Gasteiger partial charge in [-0.15, -0.1) is 6.58 Å². The van der Waals surface area contributed by atoms with E-state index in [9.17, 15) is 4.79 Å². The van der Waals surface area contributed by atoms with Crippen molar-refractivity contribution in [3.8, 4) is 0 Å². The zero-order valence-corrected chi connectivity index (χ0v) is 9.52. The molecule has 86 valence electrons. The third kappa shape index (κ3) is 4.17. The highest BCUT2D eigenvalue weighted by Gasteiger charge is 2.09. The lowest BCUT2D eigenvalue weighted by molar-refractivity contribution is -0.135. The molecule has 0 atom stereocenters. The summed E-state index contributed by atoms with van der Waals surface area (Å²) < 4.78 is 0. The van der Waals surface area contributed by atoms with Gasteiger partial charge in [0, 0.05) is 12.2 Å². The molecule has 16 heavy (non-hydrogen) atoms. The highest BCUT2D eigenvalue weighted by Crippen LogP contribution is 2.14. The molecule has 0 aliphatic carbocycles. The lowest BCUT2D eigenvalue weighted by atomic mass is 10.2. The van der Waals surface area contributed by atoms with E-state index in [1.165, 1.54) is 0 Å². The molecule has 0 spiro atoms. The van der Waals surface area contributed by atoms with Crippen LogP contribution in [0.3, 0.4) is 0 Å². The van der Waals surface area contributed by atoms with E-state index in [4.69, 9.17) is 5.11 Å². The third-order valence-electron chi connectivity index (χ3n) is 2.26. The summed E-state index contributed by atoms with van der Waals surface area (Å²) in [4.78, 5) is 12.6. The maximum absolute atomic E-state index is 10.8. The molecule has 0 aliphatic heterocycles. The molecule has 0 unspecified atom stereocenters. The smallest absolute Gasteiger partial charge is 0.323 e. The summed E-state index contributed by atoms with van der Waals surface area (Å²) >= 11 is 0. The van der Waals surface area contributed by atoms with E-state index >= 15 is 0 Å².